The molecule has 0 radical (unpaired) electrons. The Morgan fingerprint density at radius 2 is 2.38 bits per heavy atom. The zero-order valence-corrected chi connectivity index (χ0v) is 8.03. The van der Waals surface area contributed by atoms with Gasteiger partial charge in [0, 0.05) is 13.3 Å². The highest BCUT2D eigenvalue weighted by Crippen LogP contribution is 2.00. The Hall–Kier alpha value is -1.51. The van der Waals surface area contributed by atoms with Crippen LogP contribution in [-0.4, -0.2) is 13.3 Å². The summed E-state index contributed by atoms with van der Waals surface area (Å²) in [7, 11) is 1.77. The average Bonchev–Trinajstić information content (AvgIpc) is 2.14. The SMILES string of the molecule is C=CCC(/C=N\NC)=C/C/C=C\N. The van der Waals surface area contributed by atoms with E-state index >= 15 is 0 Å². The van der Waals surface area contributed by atoms with Gasteiger partial charge in [0.25, 0.3) is 0 Å². The quantitative estimate of drug-likeness (QED) is 0.369. The summed E-state index contributed by atoms with van der Waals surface area (Å²) in [6, 6.07) is 0. The molecular formula is C10H17N3. The second-order valence-corrected chi connectivity index (χ2v) is 2.42. The lowest BCUT2D eigenvalue weighted by atomic mass is 10.1. The van der Waals surface area contributed by atoms with Gasteiger partial charge in [-0.3, -0.25) is 0 Å². The molecule has 0 saturated heterocycles. The van der Waals surface area contributed by atoms with Crippen molar-refractivity contribution in [3.8, 4) is 0 Å². The first-order valence-corrected chi connectivity index (χ1v) is 4.21. The van der Waals surface area contributed by atoms with E-state index in [1.54, 1.807) is 13.3 Å². The topological polar surface area (TPSA) is 50.4 Å². The van der Waals surface area contributed by atoms with Crippen LogP contribution >= 0.6 is 0 Å². The van der Waals surface area contributed by atoms with Gasteiger partial charge in [0.15, 0.2) is 0 Å². The van der Waals surface area contributed by atoms with E-state index in [0.717, 1.165) is 18.4 Å². The van der Waals surface area contributed by atoms with Gasteiger partial charge in [-0.2, -0.15) is 5.10 Å². The van der Waals surface area contributed by atoms with Gasteiger partial charge in [0.1, 0.15) is 0 Å². The first kappa shape index (κ1) is 11.5. The van der Waals surface area contributed by atoms with Gasteiger partial charge in [-0.15, -0.1) is 6.58 Å². The third-order valence-electron chi connectivity index (χ3n) is 1.39. The predicted molar refractivity (Wildman–Crippen MR) is 58.4 cm³/mol. The maximum atomic E-state index is 5.21. The van der Waals surface area contributed by atoms with Gasteiger partial charge >= 0.3 is 0 Å². The number of hydrogen-bond donors (Lipinski definition) is 2. The van der Waals surface area contributed by atoms with E-state index in [1.165, 1.54) is 6.20 Å². The Morgan fingerprint density at radius 1 is 1.62 bits per heavy atom. The fourth-order valence-corrected chi connectivity index (χ4v) is 0.801. The molecule has 0 spiro atoms. The van der Waals surface area contributed by atoms with Crippen molar-refractivity contribution in [2.45, 2.75) is 12.8 Å². The zero-order chi connectivity index (χ0) is 9.94. The summed E-state index contributed by atoms with van der Waals surface area (Å²) in [6.07, 6.45) is 10.8. The number of nitrogens with one attached hydrogen (secondary N) is 1. The van der Waals surface area contributed by atoms with Crippen molar-refractivity contribution in [3.63, 3.8) is 0 Å². The average molecular weight is 179 g/mol. The Bertz CT molecular complexity index is 214. The molecule has 3 N–H and O–H groups in total. The number of allylic oxidation sites excluding steroid dienone is 4. The standard InChI is InChI=1S/C10H17N3/c1-3-6-10(9-13-12-2)7-4-5-8-11/h3,5,7-9,12H,1,4,6,11H2,2H3/b8-5-,10-7-,13-9-. The van der Waals surface area contributed by atoms with Crippen LogP contribution in [0.2, 0.25) is 0 Å². The molecule has 0 aliphatic rings. The van der Waals surface area contributed by atoms with Crippen LogP contribution in [0.4, 0.5) is 0 Å². The molecule has 0 aromatic carbocycles. The number of hydrogen-bond acceptors (Lipinski definition) is 3. The monoisotopic (exact) mass is 179 g/mol. The minimum absolute atomic E-state index is 0.823. The summed E-state index contributed by atoms with van der Waals surface area (Å²) in [5.74, 6) is 0. The summed E-state index contributed by atoms with van der Waals surface area (Å²) in [5.41, 5.74) is 9.04. The third-order valence-corrected chi connectivity index (χ3v) is 1.39. The minimum atomic E-state index is 0.823. The summed E-state index contributed by atoms with van der Waals surface area (Å²) >= 11 is 0. The first-order valence-electron chi connectivity index (χ1n) is 4.21. The van der Waals surface area contributed by atoms with Crippen molar-refractivity contribution in [1.82, 2.24) is 5.43 Å². The van der Waals surface area contributed by atoms with E-state index in [0.29, 0.717) is 0 Å². The van der Waals surface area contributed by atoms with Crippen molar-refractivity contribution in [2.75, 3.05) is 7.05 Å². The van der Waals surface area contributed by atoms with Crippen molar-refractivity contribution >= 4 is 6.21 Å². The Morgan fingerprint density at radius 3 is 2.92 bits per heavy atom. The highest BCUT2D eigenvalue weighted by Gasteiger charge is 1.87. The Kier molecular flexibility index (Phi) is 7.59. The van der Waals surface area contributed by atoms with Gasteiger partial charge < -0.3 is 11.2 Å². The van der Waals surface area contributed by atoms with Crippen molar-refractivity contribution in [3.05, 3.63) is 36.6 Å². The van der Waals surface area contributed by atoms with Crippen LogP contribution in [0.25, 0.3) is 0 Å². The summed E-state index contributed by atoms with van der Waals surface area (Å²) in [6.45, 7) is 3.67. The molecule has 0 bridgehead atoms. The maximum absolute atomic E-state index is 5.21. The molecule has 0 aliphatic carbocycles. The molecule has 3 nitrogen and oxygen atoms in total. The highest BCUT2D eigenvalue weighted by atomic mass is 15.3. The van der Waals surface area contributed by atoms with Crippen LogP contribution in [0.5, 0.6) is 0 Å². The lowest BCUT2D eigenvalue weighted by Gasteiger charge is -1.95. The molecule has 0 fully saturated rings. The van der Waals surface area contributed by atoms with Crippen LogP contribution in [0, 0.1) is 0 Å². The maximum Gasteiger partial charge on any atom is 0.0500 e. The smallest absolute Gasteiger partial charge is 0.0500 e. The van der Waals surface area contributed by atoms with E-state index in [9.17, 15) is 0 Å². The molecule has 0 aliphatic heterocycles. The van der Waals surface area contributed by atoms with Gasteiger partial charge in [0.05, 0.1) is 0 Å². The van der Waals surface area contributed by atoms with Gasteiger partial charge in [0.2, 0.25) is 0 Å². The van der Waals surface area contributed by atoms with E-state index in [-0.39, 0.29) is 0 Å². The molecule has 0 saturated carbocycles. The van der Waals surface area contributed by atoms with Crippen molar-refractivity contribution in [2.24, 2.45) is 10.8 Å². The Balaban J connectivity index is 4.12. The fourth-order valence-electron chi connectivity index (χ4n) is 0.801. The molecule has 0 heterocycles. The summed E-state index contributed by atoms with van der Waals surface area (Å²) in [5, 5.41) is 3.92. The van der Waals surface area contributed by atoms with Crippen molar-refractivity contribution in [1.29, 1.82) is 0 Å². The van der Waals surface area contributed by atoms with Gasteiger partial charge in [-0.25, -0.2) is 0 Å². The molecular weight excluding hydrogens is 162 g/mol. The minimum Gasteiger partial charge on any atom is -0.405 e. The lowest BCUT2D eigenvalue weighted by Crippen LogP contribution is -1.95. The second kappa shape index (κ2) is 8.59. The first-order chi connectivity index (χ1) is 6.35. The normalized spacial score (nSPS) is 12.5. The predicted octanol–water partition coefficient (Wildman–Crippen LogP) is 1.56. The molecule has 0 unspecified atom stereocenters. The lowest BCUT2D eigenvalue weighted by molar-refractivity contribution is 0.906. The molecule has 13 heavy (non-hydrogen) atoms. The molecule has 0 atom stereocenters. The number of nitrogens with zero attached hydrogens (tertiary/aromatic N) is 1. The molecule has 0 amide bonds. The molecule has 0 aromatic heterocycles. The van der Waals surface area contributed by atoms with E-state index in [4.69, 9.17) is 5.73 Å². The largest absolute Gasteiger partial charge is 0.405 e. The third kappa shape index (κ3) is 6.87. The number of nitrogens with two attached hydrogens (primary N) is 1. The van der Waals surface area contributed by atoms with E-state index in [1.807, 2.05) is 12.2 Å². The number of rotatable bonds is 6. The number of hydrazone groups is 1. The van der Waals surface area contributed by atoms with Crippen LogP contribution in [0.3, 0.4) is 0 Å². The van der Waals surface area contributed by atoms with Crippen molar-refractivity contribution < 1.29 is 0 Å². The highest BCUT2D eigenvalue weighted by molar-refractivity contribution is 5.78. The fraction of sp³-hybridized carbons (Fsp3) is 0.300. The zero-order valence-electron chi connectivity index (χ0n) is 8.03. The molecule has 0 rings (SSSR count). The Labute approximate surface area is 79.7 Å². The van der Waals surface area contributed by atoms with Crippen LogP contribution in [0.1, 0.15) is 12.8 Å². The molecule has 3 heteroatoms. The summed E-state index contributed by atoms with van der Waals surface area (Å²) < 4.78 is 0. The second-order valence-electron chi connectivity index (χ2n) is 2.42. The van der Waals surface area contributed by atoms with Crippen LogP contribution < -0.4 is 11.2 Å². The van der Waals surface area contributed by atoms with E-state index in [2.05, 4.69) is 23.2 Å². The van der Waals surface area contributed by atoms with Crippen LogP contribution in [0.15, 0.2) is 41.7 Å². The van der Waals surface area contributed by atoms with E-state index < -0.39 is 0 Å². The van der Waals surface area contributed by atoms with Gasteiger partial charge in [-0.1, -0.05) is 18.2 Å². The van der Waals surface area contributed by atoms with Crippen LogP contribution in [-0.2, 0) is 0 Å². The molecule has 0 aromatic rings. The van der Waals surface area contributed by atoms with Gasteiger partial charge in [-0.05, 0) is 24.6 Å². The molecule has 72 valence electrons. The summed E-state index contributed by atoms with van der Waals surface area (Å²) in [4.78, 5) is 0.